The van der Waals surface area contributed by atoms with Gasteiger partial charge in [-0.25, -0.2) is 4.79 Å². The van der Waals surface area contributed by atoms with Crippen molar-refractivity contribution in [1.82, 2.24) is 4.57 Å². The number of aromatic carboxylic acids is 1. The highest BCUT2D eigenvalue weighted by atomic mass is 127. The summed E-state index contributed by atoms with van der Waals surface area (Å²) in [5, 5.41) is 8.90. The first-order valence-electron chi connectivity index (χ1n) is 4.16. The fraction of sp³-hybridized carbons (Fsp3) is 0.444. The molecule has 1 unspecified atom stereocenters. The fourth-order valence-corrected chi connectivity index (χ4v) is 1.79. The van der Waals surface area contributed by atoms with E-state index in [1.807, 2.05) is 6.92 Å². The average Bonchev–Trinajstić information content (AvgIpc) is 2.46. The van der Waals surface area contributed by atoms with E-state index in [0.29, 0.717) is 12.2 Å². The molecule has 0 fully saturated rings. The van der Waals surface area contributed by atoms with Crippen LogP contribution in [0.4, 0.5) is 0 Å². The predicted molar refractivity (Wildman–Crippen MR) is 60.6 cm³/mol. The van der Waals surface area contributed by atoms with Crippen molar-refractivity contribution in [2.24, 2.45) is 0 Å². The molecule has 78 valence electrons. The van der Waals surface area contributed by atoms with Crippen molar-refractivity contribution in [3.63, 3.8) is 0 Å². The van der Waals surface area contributed by atoms with Crippen LogP contribution < -0.4 is 0 Å². The van der Waals surface area contributed by atoms with Gasteiger partial charge in [-0.05, 0) is 35.6 Å². The average molecular weight is 309 g/mol. The Morgan fingerprint density at radius 3 is 2.93 bits per heavy atom. The van der Waals surface area contributed by atoms with E-state index in [0.717, 1.165) is 3.57 Å². The van der Waals surface area contributed by atoms with Crippen molar-refractivity contribution in [3.8, 4) is 0 Å². The van der Waals surface area contributed by atoms with Crippen LogP contribution in [0.25, 0.3) is 0 Å². The molecule has 1 aromatic rings. The quantitative estimate of drug-likeness (QED) is 0.863. The SMILES string of the molecule is COC(C)Cn1cc(I)cc1C(=O)O. The van der Waals surface area contributed by atoms with E-state index in [9.17, 15) is 4.79 Å². The van der Waals surface area contributed by atoms with Crippen LogP contribution in [-0.4, -0.2) is 28.9 Å². The number of carboxylic acids is 1. The fourth-order valence-electron chi connectivity index (χ4n) is 1.16. The minimum absolute atomic E-state index is 0.0105. The molecule has 0 amide bonds. The molecule has 0 saturated heterocycles. The Bertz CT molecular complexity index is 335. The summed E-state index contributed by atoms with van der Waals surface area (Å²) in [7, 11) is 1.61. The standard InChI is InChI=1S/C9H12INO3/c1-6(14-2)4-11-5-7(10)3-8(11)9(12)13/h3,5-6H,4H2,1-2H3,(H,12,13). The number of carbonyl (C=O) groups is 1. The molecule has 14 heavy (non-hydrogen) atoms. The number of rotatable bonds is 4. The van der Waals surface area contributed by atoms with Gasteiger partial charge in [-0.15, -0.1) is 0 Å². The molecule has 1 rings (SSSR count). The van der Waals surface area contributed by atoms with Gasteiger partial charge < -0.3 is 14.4 Å². The van der Waals surface area contributed by atoms with Gasteiger partial charge in [-0.3, -0.25) is 0 Å². The number of hydrogen-bond donors (Lipinski definition) is 1. The number of nitrogens with zero attached hydrogens (tertiary/aromatic N) is 1. The molecule has 0 aromatic carbocycles. The molecule has 1 atom stereocenters. The maximum absolute atomic E-state index is 10.8. The van der Waals surface area contributed by atoms with Gasteiger partial charge in [0, 0.05) is 23.4 Å². The number of carboxylic acid groups (broad SMARTS) is 1. The van der Waals surface area contributed by atoms with Crippen LogP contribution in [0.15, 0.2) is 12.3 Å². The smallest absolute Gasteiger partial charge is 0.352 e. The second-order valence-corrected chi connectivity index (χ2v) is 4.29. The van der Waals surface area contributed by atoms with Gasteiger partial charge in [0.25, 0.3) is 0 Å². The summed E-state index contributed by atoms with van der Waals surface area (Å²) in [6.45, 7) is 2.46. The van der Waals surface area contributed by atoms with E-state index in [1.54, 1.807) is 23.9 Å². The van der Waals surface area contributed by atoms with Gasteiger partial charge in [0.15, 0.2) is 0 Å². The lowest BCUT2D eigenvalue weighted by Gasteiger charge is -2.11. The lowest BCUT2D eigenvalue weighted by Crippen LogP contribution is -2.17. The molecule has 1 N–H and O–H groups in total. The van der Waals surface area contributed by atoms with E-state index in [4.69, 9.17) is 9.84 Å². The van der Waals surface area contributed by atoms with Gasteiger partial charge >= 0.3 is 5.97 Å². The van der Waals surface area contributed by atoms with Crippen LogP contribution >= 0.6 is 22.6 Å². The molecule has 0 aliphatic rings. The van der Waals surface area contributed by atoms with E-state index >= 15 is 0 Å². The first-order chi connectivity index (χ1) is 6.54. The molecule has 0 spiro atoms. The zero-order valence-corrected chi connectivity index (χ0v) is 10.2. The van der Waals surface area contributed by atoms with Gasteiger partial charge in [0.1, 0.15) is 5.69 Å². The van der Waals surface area contributed by atoms with Gasteiger partial charge in [-0.2, -0.15) is 0 Å². The molecule has 1 heterocycles. The molecule has 1 aromatic heterocycles. The Morgan fingerprint density at radius 2 is 2.43 bits per heavy atom. The maximum atomic E-state index is 10.8. The number of ether oxygens (including phenoxy) is 1. The van der Waals surface area contributed by atoms with E-state index in [1.165, 1.54) is 0 Å². The van der Waals surface area contributed by atoms with Crippen molar-refractivity contribution in [2.75, 3.05) is 7.11 Å². The Kier molecular flexibility index (Phi) is 3.94. The Hall–Kier alpha value is -0.560. The van der Waals surface area contributed by atoms with Crippen molar-refractivity contribution in [3.05, 3.63) is 21.5 Å². The third kappa shape index (κ3) is 2.71. The summed E-state index contributed by atoms with van der Waals surface area (Å²) in [5.74, 6) is -0.906. The van der Waals surface area contributed by atoms with Gasteiger partial charge in [-0.1, -0.05) is 0 Å². The lowest BCUT2D eigenvalue weighted by atomic mass is 10.3. The Labute approximate surface area is 96.0 Å². The molecular formula is C9H12INO3. The first kappa shape index (κ1) is 11.5. The monoisotopic (exact) mass is 309 g/mol. The van der Waals surface area contributed by atoms with Crippen LogP contribution in [0.3, 0.4) is 0 Å². The van der Waals surface area contributed by atoms with Crippen molar-refractivity contribution < 1.29 is 14.6 Å². The number of aromatic nitrogens is 1. The molecule has 0 bridgehead atoms. The second kappa shape index (κ2) is 4.79. The normalized spacial score (nSPS) is 12.8. The van der Waals surface area contributed by atoms with Crippen LogP contribution in [0.1, 0.15) is 17.4 Å². The summed E-state index contributed by atoms with van der Waals surface area (Å²) in [6.07, 6.45) is 1.82. The maximum Gasteiger partial charge on any atom is 0.352 e. The number of halogens is 1. The summed E-state index contributed by atoms with van der Waals surface area (Å²) in [6, 6.07) is 1.64. The highest BCUT2D eigenvalue weighted by Crippen LogP contribution is 2.12. The molecule has 0 saturated carbocycles. The molecule has 0 radical (unpaired) electrons. The topological polar surface area (TPSA) is 51.5 Å². The highest BCUT2D eigenvalue weighted by Gasteiger charge is 2.13. The lowest BCUT2D eigenvalue weighted by molar-refractivity contribution is 0.0672. The number of methoxy groups -OCH3 is 1. The molecule has 0 aliphatic heterocycles. The molecule has 4 nitrogen and oxygen atoms in total. The summed E-state index contributed by atoms with van der Waals surface area (Å²) < 4.78 is 7.69. The van der Waals surface area contributed by atoms with E-state index in [-0.39, 0.29) is 6.10 Å². The van der Waals surface area contributed by atoms with Crippen LogP contribution in [-0.2, 0) is 11.3 Å². The summed E-state index contributed by atoms with van der Waals surface area (Å²) >= 11 is 2.09. The third-order valence-corrected chi connectivity index (χ3v) is 2.53. The van der Waals surface area contributed by atoms with Gasteiger partial charge in [0.2, 0.25) is 0 Å². The van der Waals surface area contributed by atoms with Crippen molar-refractivity contribution >= 4 is 28.6 Å². The zero-order chi connectivity index (χ0) is 10.7. The Balaban J connectivity index is 2.89. The molecule has 5 heteroatoms. The van der Waals surface area contributed by atoms with Crippen LogP contribution in [0.2, 0.25) is 0 Å². The Morgan fingerprint density at radius 1 is 1.79 bits per heavy atom. The molecular weight excluding hydrogens is 297 g/mol. The minimum atomic E-state index is -0.906. The third-order valence-electron chi connectivity index (χ3n) is 1.94. The highest BCUT2D eigenvalue weighted by molar-refractivity contribution is 14.1. The summed E-state index contributed by atoms with van der Waals surface area (Å²) in [4.78, 5) is 10.8. The molecule has 0 aliphatic carbocycles. The van der Waals surface area contributed by atoms with Crippen molar-refractivity contribution in [2.45, 2.75) is 19.6 Å². The zero-order valence-electron chi connectivity index (χ0n) is 8.03. The number of hydrogen-bond acceptors (Lipinski definition) is 2. The van der Waals surface area contributed by atoms with Crippen molar-refractivity contribution in [1.29, 1.82) is 0 Å². The minimum Gasteiger partial charge on any atom is -0.477 e. The van der Waals surface area contributed by atoms with Crippen LogP contribution in [0.5, 0.6) is 0 Å². The predicted octanol–water partition coefficient (Wildman–Crippen LogP) is 1.83. The largest absolute Gasteiger partial charge is 0.477 e. The van der Waals surface area contributed by atoms with E-state index < -0.39 is 5.97 Å². The van der Waals surface area contributed by atoms with Crippen LogP contribution in [0, 0.1) is 3.57 Å². The van der Waals surface area contributed by atoms with E-state index in [2.05, 4.69) is 22.6 Å². The second-order valence-electron chi connectivity index (χ2n) is 3.05. The first-order valence-corrected chi connectivity index (χ1v) is 5.24. The summed E-state index contributed by atoms with van der Waals surface area (Å²) in [5.41, 5.74) is 0.304. The van der Waals surface area contributed by atoms with Gasteiger partial charge in [0.05, 0.1) is 6.10 Å².